The number of hydrogen-bond donors (Lipinski definition) is 1. The smallest absolute Gasteiger partial charge is 0.434 e. The predicted octanol–water partition coefficient (Wildman–Crippen LogP) is 3.64. The van der Waals surface area contributed by atoms with Gasteiger partial charge >= 0.3 is 6.18 Å². The van der Waals surface area contributed by atoms with Crippen LogP contribution in [0.4, 0.5) is 13.2 Å². The normalized spacial score (nSPS) is 13.2. The van der Waals surface area contributed by atoms with E-state index in [1.807, 2.05) is 0 Å². The van der Waals surface area contributed by atoms with Gasteiger partial charge in [-0.05, 0) is 18.6 Å². The highest BCUT2D eigenvalue weighted by Crippen LogP contribution is 2.32. The van der Waals surface area contributed by atoms with Crippen molar-refractivity contribution in [2.45, 2.75) is 25.6 Å². The van der Waals surface area contributed by atoms with Gasteiger partial charge in [-0.15, -0.1) is 11.3 Å². The Morgan fingerprint density at radius 2 is 2.30 bits per heavy atom. The topological polar surface area (TPSA) is 55.1 Å². The molecule has 4 nitrogen and oxygen atoms in total. The molecule has 0 aromatic carbocycles. The van der Waals surface area contributed by atoms with Gasteiger partial charge in [-0.3, -0.25) is 4.79 Å². The van der Waals surface area contributed by atoms with Crippen LogP contribution < -0.4 is 5.32 Å². The first kappa shape index (κ1) is 14.6. The van der Waals surface area contributed by atoms with E-state index in [0.717, 1.165) is 16.7 Å². The van der Waals surface area contributed by atoms with E-state index in [1.165, 1.54) is 12.3 Å². The minimum Gasteiger partial charge on any atom is -0.459 e. The van der Waals surface area contributed by atoms with Crippen molar-refractivity contribution >= 4 is 17.2 Å². The molecular weight excluding hydrogens is 293 g/mol. The van der Waals surface area contributed by atoms with E-state index in [2.05, 4.69) is 10.3 Å². The summed E-state index contributed by atoms with van der Waals surface area (Å²) in [6.45, 7) is 1.75. The molecule has 0 aliphatic heterocycles. The average Bonchev–Trinajstić information content (AvgIpc) is 3.04. The Morgan fingerprint density at radius 3 is 2.80 bits per heavy atom. The summed E-state index contributed by atoms with van der Waals surface area (Å²) in [5.74, 6) is -0.373. The molecule has 108 valence electrons. The molecule has 2 heterocycles. The minimum atomic E-state index is -4.47. The van der Waals surface area contributed by atoms with Crippen molar-refractivity contribution in [1.29, 1.82) is 0 Å². The SMILES string of the molecule is CC[C@H](NC(=O)c1ccco1)c1nc(C(F)(F)F)cs1. The molecule has 2 aromatic rings. The second-order valence-corrected chi connectivity index (χ2v) is 4.87. The van der Waals surface area contributed by atoms with Crippen molar-refractivity contribution in [2.24, 2.45) is 0 Å². The van der Waals surface area contributed by atoms with Gasteiger partial charge in [0.15, 0.2) is 11.5 Å². The van der Waals surface area contributed by atoms with Crippen LogP contribution in [0.2, 0.25) is 0 Å². The number of carbonyl (C=O) groups excluding carboxylic acids is 1. The molecule has 0 aliphatic carbocycles. The summed E-state index contributed by atoms with van der Waals surface area (Å²) in [6.07, 6.45) is -2.70. The molecule has 0 fully saturated rings. The van der Waals surface area contributed by atoms with E-state index in [1.54, 1.807) is 13.0 Å². The lowest BCUT2D eigenvalue weighted by atomic mass is 10.2. The molecule has 1 atom stereocenters. The lowest BCUT2D eigenvalue weighted by Crippen LogP contribution is -2.27. The molecule has 2 aromatic heterocycles. The highest BCUT2D eigenvalue weighted by Gasteiger charge is 2.34. The Hall–Kier alpha value is -1.83. The van der Waals surface area contributed by atoms with Gasteiger partial charge in [0.2, 0.25) is 0 Å². The number of nitrogens with zero attached hydrogens (tertiary/aromatic N) is 1. The number of halogens is 3. The average molecular weight is 304 g/mol. The number of furan rings is 1. The summed E-state index contributed by atoms with van der Waals surface area (Å²) >= 11 is 0.872. The molecular formula is C12H11F3N2O2S. The molecule has 8 heteroatoms. The Morgan fingerprint density at radius 1 is 1.55 bits per heavy atom. The summed E-state index contributed by atoms with van der Waals surface area (Å²) in [5.41, 5.74) is -0.941. The summed E-state index contributed by atoms with van der Waals surface area (Å²) in [7, 11) is 0. The molecule has 0 bridgehead atoms. The van der Waals surface area contributed by atoms with Gasteiger partial charge < -0.3 is 9.73 Å². The van der Waals surface area contributed by atoms with Crippen LogP contribution in [0.5, 0.6) is 0 Å². The second kappa shape index (κ2) is 5.66. The number of aromatic nitrogens is 1. The summed E-state index contributed by atoms with van der Waals surface area (Å²) in [5, 5.41) is 3.76. The third-order valence-corrected chi connectivity index (χ3v) is 3.53. The summed E-state index contributed by atoms with van der Waals surface area (Å²) in [4.78, 5) is 15.3. The van der Waals surface area contributed by atoms with Gasteiger partial charge in [0.05, 0.1) is 12.3 Å². The van der Waals surface area contributed by atoms with Crippen molar-refractivity contribution < 1.29 is 22.4 Å². The van der Waals surface area contributed by atoms with Crippen molar-refractivity contribution in [3.05, 3.63) is 40.2 Å². The van der Waals surface area contributed by atoms with Crippen LogP contribution in [0.15, 0.2) is 28.2 Å². The van der Waals surface area contributed by atoms with Gasteiger partial charge in [0.1, 0.15) is 5.01 Å². The maximum atomic E-state index is 12.5. The van der Waals surface area contributed by atoms with Crippen LogP contribution in [0.1, 0.15) is 40.6 Å². The van der Waals surface area contributed by atoms with Gasteiger partial charge in [-0.2, -0.15) is 13.2 Å². The Bertz CT molecular complexity index is 578. The number of amides is 1. The lowest BCUT2D eigenvalue weighted by molar-refractivity contribution is -0.140. The standard InChI is InChI=1S/C12H11F3N2O2S/c1-2-7(16-10(18)8-4-3-5-19-8)11-17-9(6-20-11)12(13,14)15/h3-7H,2H2,1H3,(H,16,18)/t7-/m0/s1. The Balaban J connectivity index is 2.12. The number of nitrogens with one attached hydrogen (secondary N) is 1. The minimum absolute atomic E-state index is 0.107. The van der Waals surface area contributed by atoms with Crippen LogP contribution in [0.3, 0.4) is 0 Å². The first-order valence-electron chi connectivity index (χ1n) is 5.78. The molecule has 0 saturated heterocycles. The van der Waals surface area contributed by atoms with Gasteiger partial charge in [-0.25, -0.2) is 4.98 Å². The first-order valence-corrected chi connectivity index (χ1v) is 6.66. The molecule has 0 radical (unpaired) electrons. The van der Waals surface area contributed by atoms with Crippen LogP contribution in [0, 0.1) is 0 Å². The molecule has 2 rings (SSSR count). The van der Waals surface area contributed by atoms with E-state index in [4.69, 9.17) is 4.42 Å². The first-order chi connectivity index (χ1) is 9.41. The zero-order chi connectivity index (χ0) is 14.8. The monoisotopic (exact) mass is 304 g/mol. The maximum Gasteiger partial charge on any atom is 0.434 e. The number of alkyl halides is 3. The molecule has 0 unspecified atom stereocenters. The Labute approximate surface area is 116 Å². The van der Waals surface area contributed by atoms with Crippen molar-refractivity contribution in [1.82, 2.24) is 10.3 Å². The van der Waals surface area contributed by atoms with Crippen molar-refractivity contribution in [3.8, 4) is 0 Å². The van der Waals surface area contributed by atoms with Crippen LogP contribution in [0.25, 0.3) is 0 Å². The number of thiazole rings is 1. The second-order valence-electron chi connectivity index (χ2n) is 3.98. The number of carbonyl (C=O) groups is 1. The summed E-state index contributed by atoms with van der Waals surface area (Å²) < 4.78 is 42.4. The fourth-order valence-electron chi connectivity index (χ4n) is 1.55. The van der Waals surface area contributed by atoms with Crippen molar-refractivity contribution in [3.63, 3.8) is 0 Å². The fourth-order valence-corrected chi connectivity index (χ4v) is 2.51. The lowest BCUT2D eigenvalue weighted by Gasteiger charge is -2.13. The van der Waals surface area contributed by atoms with E-state index in [9.17, 15) is 18.0 Å². The molecule has 1 N–H and O–H groups in total. The zero-order valence-corrected chi connectivity index (χ0v) is 11.2. The predicted molar refractivity (Wildman–Crippen MR) is 66.3 cm³/mol. The van der Waals surface area contributed by atoms with E-state index in [0.29, 0.717) is 6.42 Å². The van der Waals surface area contributed by atoms with E-state index in [-0.39, 0.29) is 10.8 Å². The zero-order valence-electron chi connectivity index (χ0n) is 10.4. The molecule has 0 saturated carbocycles. The van der Waals surface area contributed by atoms with Crippen LogP contribution in [-0.2, 0) is 6.18 Å². The maximum absolute atomic E-state index is 12.5. The number of hydrogen-bond acceptors (Lipinski definition) is 4. The molecule has 1 amide bonds. The van der Waals surface area contributed by atoms with E-state index < -0.39 is 23.8 Å². The highest BCUT2D eigenvalue weighted by molar-refractivity contribution is 7.09. The summed E-state index contributed by atoms with van der Waals surface area (Å²) in [6, 6.07) is 2.46. The largest absolute Gasteiger partial charge is 0.459 e. The van der Waals surface area contributed by atoms with E-state index >= 15 is 0 Å². The van der Waals surface area contributed by atoms with Crippen molar-refractivity contribution in [2.75, 3.05) is 0 Å². The van der Waals surface area contributed by atoms with Gasteiger partial charge in [0, 0.05) is 5.38 Å². The molecule has 0 spiro atoms. The number of rotatable bonds is 4. The van der Waals surface area contributed by atoms with Crippen LogP contribution in [-0.4, -0.2) is 10.9 Å². The highest BCUT2D eigenvalue weighted by atomic mass is 32.1. The Kier molecular flexibility index (Phi) is 4.12. The third-order valence-electron chi connectivity index (χ3n) is 2.57. The third kappa shape index (κ3) is 3.19. The molecule has 20 heavy (non-hydrogen) atoms. The molecule has 0 aliphatic rings. The van der Waals surface area contributed by atoms with Gasteiger partial charge in [0.25, 0.3) is 5.91 Å². The van der Waals surface area contributed by atoms with Crippen LogP contribution >= 0.6 is 11.3 Å². The fraction of sp³-hybridized carbons (Fsp3) is 0.333. The van der Waals surface area contributed by atoms with Gasteiger partial charge in [-0.1, -0.05) is 6.92 Å². The quantitative estimate of drug-likeness (QED) is 0.938.